The summed E-state index contributed by atoms with van der Waals surface area (Å²) in [5.41, 5.74) is -0.0769. The number of aromatic nitrogens is 2. The summed E-state index contributed by atoms with van der Waals surface area (Å²) in [6.07, 6.45) is 5.79. The SMILES string of the molecule is CCCCC(CCC)Nc1cc(=O)[nH]c(C(C)C)n1. The van der Waals surface area contributed by atoms with E-state index in [1.807, 2.05) is 13.8 Å². The molecule has 2 N–H and O–H groups in total. The first-order valence-electron chi connectivity index (χ1n) is 7.44. The molecule has 1 aromatic heterocycles. The highest BCUT2D eigenvalue weighted by atomic mass is 16.1. The number of nitrogens with one attached hydrogen (secondary N) is 2. The molecule has 0 saturated heterocycles. The van der Waals surface area contributed by atoms with Gasteiger partial charge >= 0.3 is 0 Å². The molecule has 1 unspecified atom stereocenters. The van der Waals surface area contributed by atoms with Gasteiger partial charge in [-0.05, 0) is 12.8 Å². The van der Waals surface area contributed by atoms with E-state index in [0.29, 0.717) is 11.9 Å². The summed E-state index contributed by atoms with van der Waals surface area (Å²) in [4.78, 5) is 18.9. The molecule has 1 atom stereocenters. The summed E-state index contributed by atoms with van der Waals surface area (Å²) < 4.78 is 0. The quantitative estimate of drug-likeness (QED) is 0.754. The first-order chi connectivity index (χ1) is 9.06. The highest BCUT2D eigenvalue weighted by Gasteiger charge is 2.10. The number of rotatable bonds is 8. The van der Waals surface area contributed by atoms with Crippen LogP contribution in [-0.4, -0.2) is 16.0 Å². The van der Waals surface area contributed by atoms with Gasteiger partial charge in [-0.15, -0.1) is 0 Å². The van der Waals surface area contributed by atoms with E-state index in [2.05, 4.69) is 29.1 Å². The Morgan fingerprint density at radius 1 is 1.26 bits per heavy atom. The average molecular weight is 265 g/mol. The van der Waals surface area contributed by atoms with Crippen LogP contribution in [0, 0.1) is 0 Å². The van der Waals surface area contributed by atoms with Crippen LogP contribution >= 0.6 is 0 Å². The van der Waals surface area contributed by atoms with Crippen LogP contribution in [0.25, 0.3) is 0 Å². The maximum atomic E-state index is 11.6. The zero-order chi connectivity index (χ0) is 14.3. The van der Waals surface area contributed by atoms with Crippen LogP contribution in [0.15, 0.2) is 10.9 Å². The second kappa shape index (κ2) is 7.97. The van der Waals surface area contributed by atoms with E-state index in [1.54, 1.807) is 6.07 Å². The van der Waals surface area contributed by atoms with Crippen molar-refractivity contribution in [3.05, 3.63) is 22.2 Å². The Kier molecular flexibility index (Phi) is 6.60. The van der Waals surface area contributed by atoms with Crippen molar-refractivity contribution in [2.45, 2.75) is 71.8 Å². The molecule has 0 saturated carbocycles. The smallest absolute Gasteiger partial charge is 0.252 e. The molecule has 0 fully saturated rings. The van der Waals surface area contributed by atoms with E-state index >= 15 is 0 Å². The van der Waals surface area contributed by atoms with Gasteiger partial charge in [0.25, 0.3) is 5.56 Å². The van der Waals surface area contributed by atoms with Gasteiger partial charge in [0, 0.05) is 18.0 Å². The number of anilines is 1. The molecule has 108 valence electrons. The second-order valence-corrected chi connectivity index (χ2v) is 5.44. The summed E-state index contributed by atoms with van der Waals surface area (Å²) in [6, 6.07) is 1.97. The van der Waals surface area contributed by atoms with Gasteiger partial charge in [-0.25, -0.2) is 4.98 Å². The number of unbranched alkanes of at least 4 members (excludes halogenated alkanes) is 1. The van der Waals surface area contributed by atoms with Gasteiger partial charge in [-0.2, -0.15) is 0 Å². The maximum Gasteiger partial charge on any atom is 0.252 e. The lowest BCUT2D eigenvalue weighted by Crippen LogP contribution is -2.22. The fourth-order valence-electron chi connectivity index (χ4n) is 2.12. The fraction of sp³-hybridized carbons (Fsp3) is 0.733. The van der Waals surface area contributed by atoms with E-state index in [4.69, 9.17) is 0 Å². The number of hydrogen-bond acceptors (Lipinski definition) is 3. The lowest BCUT2D eigenvalue weighted by Gasteiger charge is -2.19. The van der Waals surface area contributed by atoms with Gasteiger partial charge in [-0.1, -0.05) is 47.0 Å². The number of hydrogen-bond donors (Lipinski definition) is 2. The molecule has 0 aromatic carbocycles. The Hall–Kier alpha value is -1.32. The molecule has 0 radical (unpaired) electrons. The first-order valence-corrected chi connectivity index (χ1v) is 7.44. The van der Waals surface area contributed by atoms with Gasteiger partial charge in [0.2, 0.25) is 0 Å². The van der Waals surface area contributed by atoms with E-state index in [1.165, 1.54) is 12.8 Å². The average Bonchev–Trinajstić information content (AvgIpc) is 2.35. The van der Waals surface area contributed by atoms with E-state index in [9.17, 15) is 4.79 Å². The third-order valence-corrected chi connectivity index (χ3v) is 3.20. The zero-order valence-electron chi connectivity index (χ0n) is 12.6. The topological polar surface area (TPSA) is 57.8 Å². The Labute approximate surface area is 116 Å². The van der Waals surface area contributed by atoms with Crippen molar-refractivity contribution in [3.63, 3.8) is 0 Å². The number of H-pyrrole nitrogens is 1. The molecule has 1 heterocycles. The maximum absolute atomic E-state index is 11.6. The van der Waals surface area contributed by atoms with Crippen molar-refractivity contribution < 1.29 is 0 Å². The van der Waals surface area contributed by atoms with Crippen molar-refractivity contribution in [2.75, 3.05) is 5.32 Å². The van der Waals surface area contributed by atoms with E-state index < -0.39 is 0 Å². The van der Waals surface area contributed by atoms with Gasteiger partial charge in [0.1, 0.15) is 11.6 Å². The molecule has 0 spiro atoms. The monoisotopic (exact) mass is 265 g/mol. The fourth-order valence-corrected chi connectivity index (χ4v) is 2.12. The van der Waals surface area contributed by atoms with Crippen LogP contribution < -0.4 is 10.9 Å². The predicted octanol–water partition coefficient (Wildman–Crippen LogP) is 3.66. The summed E-state index contributed by atoms with van der Waals surface area (Å²) in [6.45, 7) is 8.45. The molecule has 1 aromatic rings. The minimum atomic E-state index is -0.0769. The minimum absolute atomic E-state index is 0.0769. The molecule has 1 rings (SSSR count). The standard InChI is InChI=1S/C15H27N3O/c1-5-7-9-12(8-6-2)16-13-10-14(19)18-15(17-13)11(3)4/h10-12H,5-9H2,1-4H3,(H2,16,17,18,19). The minimum Gasteiger partial charge on any atom is -0.367 e. The van der Waals surface area contributed by atoms with Crippen molar-refractivity contribution >= 4 is 5.82 Å². The third kappa shape index (κ3) is 5.45. The second-order valence-electron chi connectivity index (χ2n) is 5.44. The van der Waals surface area contributed by atoms with Crippen LogP contribution in [0.2, 0.25) is 0 Å². The Bertz CT molecular complexity index is 426. The summed E-state index contributed by atoms with van der Waals surface area (Å²) >= 11 is 0. The number of aromatic amines is 1. The van der Waals surface area contributed by atoms with Crippen LogP contribution in [0.3, 0.4) is 0 Å². The van der Waals surface area contributed by atoms with E-state index in [-0.39, 0.29) is 11.5 Å². The van der Waals surface area contributed by atoms with Gasteiger partial charge < -0.3 is 10.3 Å². The van der Waals surface area contributed by atoms with Crippen LogP contribution in [-0.2, 0) is 0 Å². The highest BCUT2D eigenvalue weighted by molar-refractivity contribution is 5.34. The van der Waals surface area contributed by atoms with Crippen molar-refractivity contribution in [1.82, 2.24) is 9.97 Å². The molecular formula is C15H27N3O. The summed E-state index contributed by atoms with van der Waals surface area (Å²) in [5, 5.41) is 3.42. The number of nitrogens with zero attached hydrogens (tertiary/aromatic N) is 1. The lowest BCUT2D eigenvalue weighted by molar-refractivity contribution is 0.562. The Morgan fingerprint density at radius 2 is 2.00 bits per heavy atom. The highest BCUT2D eigenvalue weighted by Crippen LogP contribution is 2.14. The normalized spacial score (nSPS) is 12.7. The molecule has 19 heavy (non-hydrogen) atoms. The molecule has 0 aliphatic rings. The van der Waals surface area contributed by atoms with Gasteiger partial charge in [-0.3, -0.25) is 4.79 Å². The largest absolute Gasteiger partial charge is 0.367 e. The van der Waals surface area contributed by atoms with Crippen molar-refractivity contribution in [2.24, 2.45) is 0 Å². The van der Waals surface area contributed by atoms with Crippen LogP contribution in [0.1, 0.15) is 71.5 Å². The van der Waals surface area contributed by atoms with Gasteiger partial charge in [0.05, 0.1) is 0 Å². The van der Waals surface area contributed by atoms with E-state index in [0.717, 1.165) is 25.1 Å². The lowest BCUT2D eigenvalue weighted by atomic mass is 10.1. The predicted molar refractivity (Wildman–Crippen MR) is 80.8 cm³/mol. The molecular weight excluding hydrogens is 238 g/mol. The summed E-state index contributed by atoms with van der Waals surface area (Å²) in [5.74, 6) is 1.69. The molecule has 4 nitrogen and oxygen atoms in total. The van der Waals surface area contributed by atoms with Crippen molar-refractivity contribution in [1.29, 1.82) is 0 Å². The first kappa shape index (κ1) is 15.7. The zero-order valence-corrected chi connectivity index (χ0v) is 12.6. The Balaban J connectivity index is 2.80. The molecule has 0 aliphatic heterocycles. The third-order valence-electron chi connectivity index (χ3n) is 3.20. The molecule has 4 heteroatoms. The molecule has 0 amide bonds. The van der Waals surface area contributed by atoms with Crippen LogP contribution in [0.5, 0.6) is 0 Å². The summed E-state index contributed by atoms with van der Waals surface area (Å²) in [7, 11) is 0. The molecule has 0 aliphatic carbocycles. The Morgan fingerprint density at radius 3 is 2.58 bits per heavy atom. The van der Waals surface area contributed by atoms with Crippen LogP contribution in [0.4, 0.5) is 5.82 Å². The van der Waals surface area contributed by atoms with Crippen molar-refractivity contribution in [3.8, 4) is 0 Å². The molecule has 0 bridgehead atoms. The van der Waals surface area contributed by atoms with Gasteiger partial charge in [0.15, 0.2) is 0 Å².